The predicted molar refractivity (Wildman–Crippen MR) is 82.7 cm³/mol. The fourth-order valence-corrected chi connectivity index (χ4v) is 3.28. The van der Waals surface area contributed by atoms with Gasteiger partial charge in [0.2, 0.25) is 0 Å². The summed E-state index contributed by atoms with van der Waals surface area (Å²) in [5.41, 5.74) is 0.450. The van der Waals surface area contributed by atoms with Gasteiger partial charge in [0.05, 0.1) is 5.54 Å². The number of alkyl halides is 1. The number of hydrogen-bond donors (Lipinski definition) is 1. The van der Waals surface area contributed by atoms with Gasteiger partial charge in [-0.15, -0.1) is 11.6 Å². The Morgan fingerprint density at radius 1 is 1.47 bits per heavy atom. The van der Waals surface area contributed by atoms with Crippen LogP contribution in [-0.2, 0) is 0 Å². The number of nitrogens with one attached hydrogen (secondary N) is 1. The molecule has 0 heterocycles. The van der Waals surface area contributed by atoms with Crippen LogP contribution in [0.25, 0.3) is 0 Å². The number of halogens is 2. The van der Waals surface area contributed by atoms with Gasteiger partial charge in [-0.2, -0.15) is 0 Å². The normalized spacial score (nSPS) is 27.0. The van der Waals surface area contributed by atoms with Crippen LogP contribution in [0.1, 0.15) is 43.0 Å². The van der Waals surface area contributed by atoms with Gasteiger partial charge in [-0.05, 0) is 49.8 Å². The first-order valence-electron chi connectivity index (χ1n) is 6.69. The average Bonchev–Trinajstić information content (AvgIpc) is 2.42. The Kier molecular flexibility index (Phi) is 4.91. The van der Waals surface area contributed by atoms with Crippen molar-refractivity contribution in [1.29, 1.82) is 0 Å². The standard InChI is InChI=1S/C15H19BrClNO/c1-11-5-7-15(10-17,8-6-11)18-14(19)12-3-2-4-13(16)9-12/h2-4,9,11H,5-8,10H2,1H3,(H,18,19). The molecule has 1 aromatic rings. The fraction of sp³-hybridized carbons (Fsp3) is 0.533. The lowest BCUT2D eigenvalue weighted by atomic mass is 9.78. The molecule has 2 rings (SSSR count). The molecule has 1 aliphatic carbocycles. The summed E-state index contributed by atoms with van der Waals surface area (Å²) in [6.45, 7) is 2.26. The van der Waals surface area contributed by atoms with Crippen molar-refractivity contribution in [1.82, 2.24) is 5.32 Å². The SMILES string of the molecule is CC1CCC(CCl)(NC(=O)c2cccc(Br)c2)CC1. The molecule has 4 heteroatoms. The highest BCUT2D eigenvalue weighted by Crippen LogP contribution is 2.33. The fourth-order valence-electron chi connectivity index (χ4n) is 2.55. The van der Waals surface area contributed by atoms with Crippen molar-refractivity contribution >= 4 is 33.4 Å². The van der Waals surface area contributed by atoms with Crippen LogP contribution in [0.15, 0.2) is 28.7 Å². The van der Waals surface area contributed by atoms with Gasteiger partial charge in [0.25, 0.3) is 5.91 Å². The number of carbonyl (C=O) groups is 1. The van der Waals surface area contributed by atoms with Crippen molar-refractivity contribution in [3.63, 3.8) is 0 Å². The van der Waals surface area contributed by atoms with E-state index < -0.39 is 0 Å². The second-order valence-electron chi connectivity index (χ2n) is 5.56. The van der Waals surface area contributed by atoms with Crippen molar-refractivity contribution in [3.8, 4) is 0 Å². The molecule has 104 valence electrons. The quantitative estimate of drug-likeness (QED) is 0.811. The van der Waals surface area contributed by atoms with E-state index in [2.05, 4.69) is 28.2 Å². The smallest absolute Gasteiger partial charge is 0.251 e. The molecular weight excluding hydrogens is 326 g/mol. The van der Waals surface area contributed by atoms with E-state index in [1.54, 1.807) is 0 Å². The van der Waals surface area contributed by atoms with E-state index in [0.717, 1.165) is 36.1 Å². The van der Waals surface area contributed by atoms with Crippen molar-refractivity contribution in [2.75, 3.05) is 5.88 Å². The minimum atomic E-state index is -0.229. The number of rotatable bonds is 3. The summed E-state index contributed by atoms with van der Waals surface area (Å²) in [6.07, 6.45) is 4.20. The number of carbonyl (C=O) groups excluding carboxylic acids is 1. The second kappa shape index (κ2) is 6.27. The molecular formula is C15H19BrClNO. The van der Waals surface area contributed by atoms with Crippen LogP contribution in [0.2, 0.25) is 0 Å². The van der Waals surface area contributed by atoms with Crippen LogP contribution in [-0.4, -0.2) is 17.3 Å². The van der Waals surface area contributed by atoms with Crippen molar-refractivity contribution in [3.05, 3.63) is 34.3 Å². The van der Waals surface area contributed by atoms with E-state index in [1.165, 1.54) is 0 Å². The zero-order chi connectivity index (χ0) is 13.9. The highest BCUT2D eigenvalue weighted by molar-refractivity contribution is 9.10. The summed E-state index contributed by atoms with van der Waals surface area (Å²) < 4.78 is 0.914. The summed E-state index contributed by atoms with van der Waals surface area (Å²) >= 11 is 9.51. The summed E-state index contributed by atoms with van der Waals surface area (Å²) in [6, 6.07) is 7.45. The summed E-state index contributed by atoms with van der Waals surface area (Å²) in [4.78, 5) is 12.3. The lowest BCUT2D eigenvalue weighted by Crippen LogP contribution is -2.52. The van der Waals surface area contributed by atoms with Gasteiger partial charge >= 0.3 is 0 Å². The van der Waals surface area contributed by atoms with Crippen LogP contribution in [0.5, 0.6) is 0 Å². The molecule has 0 aromatic heterocycles. The minimum Gasteiger partial charge on any atom is -0.345 e. The van der Waals surface area contributed by atoms with E-state index in [1.807, 2.05) is 24.3 Å². The van der Waals surface area contributed by atoms with Crippen LogP contribution in [0.3, 0.4) is 0 Å². The second-order valence-corrected chi connectivity index (χ2v) is 6.74. The van der Waals surface area contributed by atoms with E-state index >= 15 is 0 Å². The molecule has 0 atom stereocenters. The van der Waals surface area contributed by atoms with Gasteiger partial charge in [-0.3, -0.25) is 4.79 Å². The molecule has 1 aromatic carbocycles. The highest BCUT2D eigenvalue weighted by Gasteiger charge is 2.35. The van der Waals surface area contributed by atoms with E-state index in [4.69, 9.17) is 11.6 Å². The molecule has 1 N–H and O–H groups in total. The molecule has 1 fully saturated rings. The predicted octanol–water partition coefficient (Wildman–Crippen LogP) is 4.37. The molecule has 0 unspecified atom stereocenters. The molecule has 0 spiro atoms. The maximum absolute atomic E-state index is 12.3. The summed E-state index contributed by atoms with van der Waals surface area (Å²) in [7, 11) is 0. The highest BCUT2D eigenvalue weighted by atomic mass is 79.9. The van der Waals surface area contributed by atoms with E-state index in [-0.39, 0.29) is 11.4 Å². The van der Waals surface area contributed by atoms with Crippen molar-refractivity contribution in [2.45, 2.75) is 38.1 Å². The zero-order valence-electron chi connectivity index (χ0n) is 11.1. The van der Waals surface area contributed by atoms with Crippen molar-refractivity contribution < 1.29 is 4.79 Å². The number of hydrogen-bond acceptors (Lipinski definition) is 1. The summed E-state index contributed by atoms with van der Waals surface area (Å²) in [5.74, 6) is 1.19. The molecule has 2 nitrogen and oxygen atoms in total. The van der Waals surface area contributed by atoms with Gasteiger partial charge < -0.3 is 5.32 Å². The van der Waals surface area contributed by atoms with E-state index in [9.17, 15) is 4.79 Å². The van der Waals surface area contributed by atoms with Gasteiger partial charge in [-0.25, -0.2) is 0 Å². The maximum atomic E-state index is 12.3. The third-order valence-corrected chi connectivity index (χ3v) is 4.96. The van der Waals surface area contributed by atoms with Crippen LogP contribution >= 0.6 is 27.5 Å². The zero-order valence-corrected chi connectivity index (χ0v) is 13.4. The number of amides is 1. The summed E-state index contributed by atoms with van der Waals surface area (Å²) in [5, 5.41) is 3.15. The molecule has 1 amide bonds. The topological polar surface area (TPSA) is 29.1 Å². The largest absolute Gasteiger partial charge is 0.345 e. The molecule has 1 saturated carbocycles. The monoisotopic (exact) mass is 343 g/mol. The molecule has 0 bridgehead atoms. The van der Waals surface area contributed by atoms with Crippen molar-refractivity contribution in [2.24, 2.45) is 5.92 Å². The third-order valence-electron chi connectivity index (χ3n) is 3.95. The van der Waals surface area contributed by atoms with Gasteiger partial charge in [0.1, 0.15) is 0 Å². The maximum Gasteiger partial charge on any atom is 0.251 e. The Morgan fingerprint density at radius 2 is 2.16 bits per heavy atom. The Hall–Kier alpha value is -0.540. The average molecular weight is 345 g/mol. The van der Waals surface area contributed by atoms with Gasteiger partial charge in [0, 0.05) is 15.9 Å². The molecule has 19 heavy (non-hydrogen) atoms. The lowest BCUT2D eigenvalue weighted by molar-refractivity contribution is 0.0872. The Labute approximate surface area is 128 Å². The first-order chi connectivity index (χ1) is 9.04. The third kappa shape index (κ3) is 3.73. The Morgan fingerprint density at radius 3 is 2.74 bits per heavy atom. The van der Waals surface area contributed by atoms with Gasteiger partial charge in [-0.1, -0.05) is 28.9 Å². The first kappa shape index (κ1) is 14.9. The molecule has 1 aliphatic rings. The Bertz CT molecular complexity index is 455. The van der Waals surface area contributed by atoms with Crippen LogP contribution < -0.4 is 5.32 Å². The Balaban J connectivity index is 2.08. The first-order valence-corrected chi connectivity index (χ1v) is 8.01. The minimum absolute atomic E-state index is 0.0310. The number of benzene rings is 1. The molecule has 0 radical (unpaired) electrons. The van der Waals surface area contributed by atoms with E-state index in [0.29, 0.717) is 11.4 Å². The lowest BCUT2D eigenvalue weighted by Gasteiger charge is -2.38. The van der Waals surface area contributed by atoms with Crippen LogP contribution in [0.4, 0.5) is 0 Å². The molecule has 0 aliphatic heterocycles. The van der Waals surface area contributed by atoms with Gasteiger partial charge in [0.15, 0.2) is 0 Å². The van der Waals surface area contributed by atoms with Crippen LogP contribution in [0, 0.1) is 5.92 Å². The molecule has 0 saturated heterocycles.